The van der Waals surface area contributed by atoms with Crippen LogP contribution in [0, 0.1) is 0 Å². The highest BCUT2D eigenvalue weighted by Crippen LogP contribution is 2.29. The summed E-state index contributed by atoms with van der Waals surface area (Å²) in [4.78, 5) is 15.4. The molecule has 0 saturated carbocycles. The van der Waals surface area contributed by atoms with Gasteiger partial charge in [0.25, 0.3) is 5.91 Å². The number of halogens is 1. The molecule has 31 heavy (non-hydrogen) atoms. The second kappa shape index (κ2) is 9.82. The number of carbonyl (C=O) groups excluding carboxylic acids is 1. The number of sulfonamides is 1. The smallest absolute Gasteiger partial charge is 0.253 e. The van der Waals surface area contributed by atoms with Crippen LogP contribution >= 0.6 is 22.9 Å². The number of methoxy groups -OCH3 is 1. The molecule has 1 heterocycles. The molecule has 1 aromatic heterocycles. The normalized spacial score (nSPS) is 11.5. The van der Waals surface area contributed by atoms with Crippen molar-refractivity contribution < 1.29 is 17.9 Å². The van der Waals surface area contributed by atoms with Crippen LogP contribution in [0.15, 0.2) is 65.6 Å². The third kappa shape index (κ3) is 5.46. The molecule has 2 aromatic carbocycles. The number of hydrogen-bond donors (Lipinski definition) is 0. The third-order valence-corrected chi connectivity index (χ3v) is 7.76. The zero-order valence-corrected chi connectivity index (χ0v) is 19.8. The predicted octanol–water partition coefficient (Wildman–Crippen LogP) is 4.50. The van der Waals surface area contributed by atoms with Crippen molar-refractivity contribution in [2.45, 2.75) is 18.0 Å². The van der Waals surface area contributed by atoms with E-state index in [0.717, 1.165) is 10.4 Å². The molecule has 0 aliphatic heterocycles. The summed E-state index contributed by atoms with van der Waals surface area (Å²) in [5, 5.41) is 0. The lowest BCUT2D eigenvalue weighted by molar-refractivity contribution is 0.0786. The maximum Gasteiger partial charge on any atom is 0.253 e. The molecule has 0 unspecified atom stereocenters. The molecule has 164 valence electrons. The van der Waals surface area contributed by atoms with Crippen LogP contribution in [0.5, 0.6) is 5.75 Å². The highest BCUT2D eigenvalue weighted by Gasteiger charge is 2.27. The first-order valence-corrected chi connectivity index (χ1v) is 12.0. The van der Waals surface area contributed by atoms with Gasteiger partial charge in [-0.25, -0.2) is 8.42 Å². The van der Waals surface area contributed by atoms with Crippen LogP contribution in [0.1, 0.15) is 20.8 Å². The number of ether oxygens (including phenoxy) is 1. The van der Waals surface area contributed by atoms with Crippen molar-refractivity contribution in [1.82, 2.24) is 9.21 Å². The summed E-state index contributed by atoms with van der Waals surface area (Å²) >= 11 is 7.36. The first-order chi connectivity index (χ1) is 14.7. The summed E-state index contributed by atoms with van der Waals surface area (Å²) in [6.07, 6.45) is 0. The number of carbonyl (C=O) groups is 1. The van der Waals surface area contributed by atoms with Crippen molar-refractivity contribution in [3.05, 3.63) is 81.0 Å². The predicted molar refractivity (Wildman–Crippen MR) is 123 cm³/mol. The lowest BCUT2D eigenvalue weighted by Crippen LogP contribution is -2.28. The van der Waals surface area contributed by atoms with Crippen LogP contribution in [-0.2, 0) is 23.1 Å². The fourth-order valence-corrected chi connectivity index (χ4v) is 5.54. The Morgan fingerprint density at radius 1 is 1.03 bits per heavy atom. The van der Waals surface area contributed by atoms with E-state index < -0.39 is 10.0 Å². The number of nitrogens with zero attached hydrogens (tertiary/aromatic N) is 2. The summed E-state index contributed by atoms with van der Waals surface area (Å²) in [5.41, 5.74) is 1.12. The number of benzene rings is 2. The minimum Gasteiger partial charge on any atom is -0.495 e. The monoisotopic (exact) mass is 478 g/mol. The number of rotatable bonds is 8. The van der Waals surface area contributed by atoms with E-state index in [2.05, 4.69) is 0 Å². The molecule has 0 radical (unpaired) electrons. The maximum atomic E-state index is 13.3. The lowest BCUT2D eigenvalue weighted by Gasteiger charge is -2.21. The lowest BCUT2D eigenvalue weighted by atomic mass is 10.2. The van der Waals surface area contributed by atoms with Gasteiger partial charge < -0.3 is 9.64 Å². The fraction of sp³-hybridized carbons (Fsp3) is 0.227. The van der Waals surface area contributed by atoms with Gasteiger partial charge in [0.05, 0.1) is 18.0 Å². The summed E-state index contributed by atoms with van der Waals surface area (Å²) in [7, 11) is 0.673. The fourth-order valence-electron chi connectivity index (χ4n) is 3.07. The molecule has 0 spiro atoms. The van der Waals surface area contributed by atoms with Crippen LogP contribution in [0.4, 0.5) is 0 Å². The number of hydrogen-bond acceptors (Lipinski definition) is 5. The summed E-state index contributed by atoms with van der Waals surface area (Å²) in [6, 6.07) is 17.4. The van der Waals surface area contributed by atoms with E-state index in [0.29, 0.717) is 10.9 Å². The average molecular weight is 479 g/mol. The first-order valence-electron chi connectivity index (χ1n) is 9.40. The third-order valence-electron chi connectivity index (χ3n) is 4.72. The quantitative estimate of drug-likeness (QED) is 0.478. The first kappa shape index (κ1) is 23.3. The van der Waals surface area contributed by atoms with Crippen molar-refractivity contribution in [2.24, 2.45) is 0 Å². The SMILES string of the molecule is COc1ccc(C(=O)N(C)Cc2ccc(Cl)s2)cc1S(=O)(=O)N(C)Cc1ccccc1. The zero-order valence-electron chi connectivity index (χ0n) is 17.4. The molecule has 0 fully saturated rings. The van der Waals surface area contributed by atoms with Crippen LogP contribution in [0.25, 0.3) is 0 Å². The second-order valence-electron chi connectivity index (χ2n) is 6.98. The van der Waals surface area contributed by atoms with Gasteiger partial charge in [0.2, 0.25) is 10.0 Å². The Kier molecular flexibility index (Phi) is 7.38. The topological polar surface area (TPSA) is 66.9 Å². The molecule has 3 aromatic rings. The van der Waals surface area contributed by atoms with Crippen molar-refractivity contribution in [3.63, 3.8) is 0 Å². The van der Waals surface area contributed by atoms with E-state index in [-0.39, 0.29) is 28.7 Å². The van der Waals surface area contributed by atoms with E-state index in [9.17, 15) is 13.2 Å². The standard InChI is InChI=1S/C22H23ClN2O4S2/c1-24(15-18-10-12-21(23)30-18)22(26)17-9-11-19(29-3)20(13-17)31(27,28)25(2)14-16-7-5-4-6-8-16/h4-13H,14-15H2,1-3H3. The highest BCUT2D eigenvalue weighted by atomic mass is 35.5. The molecular weight excluding hydrogens is 456 g/mol. The summed E-state index contributed by atoms with van der Waals surface area (Å²) in [5.74, 6) is -0.113. The number of thiophene rings is 1. The minimum atomic E-state index is -3.89. The van der Waals surface area contributed by atoms with Gasteiger partial charge in [-0.2, -0.15) is 4.31 Å². The highest BCUT2D eigenvalue weighted by molar-refractivity contribution is 7.89. The van der Waals surface area contributed by atoms with Gasteiger partial charge in [-0.05, 0) is 35.9 Å². The second-order valence-corrected chi connectivity index (χ2v) is 10.8. The molecule has 0 aliphatic carbocycles. The summed E-state index contributed by atoms with van der Waals surface area (Å²) < 4.78 is 33.7. The molecule has 0 N–H and O–H groups in total. The Labute approximate surface area is 191 Å². The molecule has 0 bridgehead atoms. The molecule has 9 heteroatoms. The molecule has 0 aliphatic rings. The van der Waals surface area contributed by atoms with Gasteiger partial charge in [-0.15, -0.1) is 11.3 Å². The zero-order chi connectivity index (χ0) is 22.6. The van der Waals surface area contributed by atoms with E-state index in [1.165, 1.54) is 46.8 Å². The Balaban J connectivity index is 1.87. The van der Waals surface area contributed by atoms with Gasteiger partial charge in [-0.3, -0.25) is 4.79 Å². The van der Waals surface area contributed by atoms with Gasteiger partial charge in [0.1, 0.15) is 10.6 Å². The minimum absolute atomic E-state index is 0.0492. The van der Waals surface area contributed by atoms with E-state index in [1.807, 2.05) is 36.4 Å². The Hall–Kier alpha value is -2.39. The molecule has 0 atom stereocenters. The number of amides is 1. The Morgan fingerprint density at radius 2 is 1.74 bits per heavy atom. The molecule has 6 nitrogen and oxygen atoms in total. The van der Waals surface area contributed by atoms with Crippen molar-refractivity contribution in [3.8, 4) is 5.75 Å². The average Bonchev–Trinajstić information content (AvgIpc) is 3.17. The van der Waals surface area contributed by atoms with E-state index in [1.54, 1.807) is 19.2 Å². The van der Waals surface area contributed by atoms with Gasteiger partial charge in [0, 0.05) is 31.1 Å². The summed E-state index contributed by atoms with van der Waals surface area (Å²) in [6.45, 7) is 0.571. The van der Waals surface area contributed by atoms with Crippen molar-refractivity contribution >= 4 is 38.9 Å². The van der Waals surface area contributed by atoms with Crippen LogP contribution in [-0.4, -0.2) is 44.7 Å². The van der Waals surface area contributed by atoms with Crippen LogP contribution in [0.3, 0.4) is 0 Å². The molecule has 3 rings (SSSR count). The van der Waals surface area contributed by atoms with Crippen molar-refractivity contribution in [1.29, 1.82) is 0 Å². The van der Waals surface area contributed by atoms with Crippen LogP contribution < -0.4 is 4.74 Å². The van der Waals surface area contributed by atoms with Crippen molar-refractivity contribution in [2.75, 3.05) is 21.2 Å². The molecule has 1 amide bonds. The van der Waals surface area contributed by atoms with Gasteiger partial charge in [-0.1, -0.05) is 41.9 Å². The molecule has 0 saturated heterocycles. The Bertz CT molecular complexity index is 1160. The van der Waals surface area contributed by atoms with Gasteiger partial charge >= 0.3 is 0 Å². The Morgan fingerprint density at radius 3 is 2.35 bits per heavy atom. The maximum absolute atomic E-state index is 13.3. The largest absolute Gasteiger partial charge is 0.495 e. The van der Waals surface area contributed by atoms with E-state index in [4.69, 9.17) is 16.3 Å². The van der Waals surface area contributed by atoms with E-state index >= 15 is 0 Å². The van der Waals surface area contributed by atoms with Gasteiger partial charge in [0.15, 0.2) is 0 Å². The molecular formula is C22H23ClN2O4S2. The van der Waals surface area contributed by atoms with Crippen LogP contribution in [0.2, 0.25) is 4.34 Å².